The standard InChI is InChI=1S/C15H19FN2O2S/c1-15(2,3)20-14(19)18-9-12(17-13(18)21-4)10-7-5-6-8-11(10)16/h5-8,12H,9H2,1-4H3. The highest BCUT2D eigenvalue weighted by atomic mass is 32.2. The van der Waals surface area contributed by atoms with Crippen LogP contribution in [0.5, 0.6) is 0 Å². The van der Waals surface area contributed by atoms with Gasteiger partial charge in [-0.05, 0) is 33.1 Å². The summed E-state index contributed by atoms with van der Waals surface area (Å²) in [6.07, 6.45) is 1.38. The molecule has 0 N–H and O–H groups in total. The first kappa shape index (κ1) is 15.8. The molecule has 114 valence electrons. The predicted molar refractivity (Wildman–Crippen MR) is 83.0 cm³/mol. The molecular weight excluding hydrogens is 291 g/mol. The van der Waals surface area contributed by atoms with Crippen LogP contribution in [-0.2, 0) is 4.74 Å². The van der Waals surface area contributed by atoms with E-state index in [1.54, 1.807) is 18.2 Å². The fraction of sp³-hybridized carbons (Fsp3) is 0.467. The number of rotatable bonds is 1. The Morgan fingerprint density at radius 2 is 2.10 bits per heavy atom. The Balaban J connectivity index is 2.20. The van der Waals surface area contributed by atoms with Crippen molar-refractivity contribution < 1.29 is 13.9 Å². The molecule has 21 heavy (non-hydrogen) atoms. The minimum atomic E-state index is -0.573. The van der Waals surface area contributed by atoms with Crippen LogP contribution in [0.25, 0.3) is 0 Å². The number of nitrogens with zero attached hydrogens (tertiary/aromatic N) is 2. The van der Waals surface area contributed by atoms with Crippen LogP contribution in [0.3, 0.4) is 0 Å². The van der Waals surface area contributed by atoms with Gasteiger partial charge in [0.2, 0.25) is 0 Å². The number of hydrogen-bond acceptors (Lipinski definition) is 4. The molecule has 1 unspecified atom stereocenters. The minimum Gasteiger partial charge on any atom is -0.443 e. The maximum Gasteiger partial charge on any atom is 0.416 e. The van der Waals surface area contributed by atoms with Gasteiger partial charge in [0.15, 0.2) is 5.17 Å². The SMILES string of the molecule is CSC1=NC(c2ccccc2F)CN1C(=O)OC(C)(C)C. The first-order valence-corrected chi connectivity index (χ1v) is 7.91. The van der Waals surface area contributed by atoms with E-state index < -0.39 is 11.7 Å². The number of carbonyl (C=O) groups is 1. The van der Waals surface area contributed by atoms with Crippen LogP contribution >= 0.6 is 11.8 Å². The molecule has 1 amide bonds. The third-order valence-corrected chi connectivity index (χ3v) is 3.60. The largest absolute Gasteiger partial charge is 0.443 e. The molecule has 2 rings (SSSR count). The monoisotopic (exact) mass is 310 g/mol. The number of carbonyl (C=O) groups excluding carboxylic acids is 1. The van der Waals surface area contributed by atoms with Gasteiger partial charge in [-0.2, -0.15) is 0 Å². The molecule has 0 bridgehead atoms. The van der Waals surface area contributed by atoms with Gasteiger partial charge in [0.1, 0.15) is 11.4 Å². The van der Waals surface area contributed by atoms with Gasteiger partial charge in [-0.1, -0.05) is 30.0 Å². The number of halogens is 1. The molecule has 1 aromatic rings. The van der Waals surface area contributed by atoms with E-state index in [0.717, 1.165) is 0 Å². The van der Waals surface area contributed by atoms with Crippen LogP contribution in [0.15, 0.2) is 29.3 Å². The Morgan fingerprint density at radius 1 is 1.43 bits per heavy atom. The van der Waals surface area contributed by atoms with Gasteiger partial charge in [0, 0.05) is 5.56 Å². The summed E-state index contributed by atoms with van der Waals surface area (Å²) in [5, 5.41) is 0.553. The molecule has 0 radical (unpaired) electrons. The van der Waals surface area contributed by atoms with Gasteiger partial charge in [-0.3, -0.25) is 9.89 Å². The fourth-order valence-corrected chi connectivity index (χ4v) is 2.64. The van der Waals surface area contributed by atoms with Crippen molar-refractivity contribution in [1.82, 2.24) is 4.90 Å². The van der Waals surface area contributed by atoms with Gasteiger partial charge in [-0.25, -0.2) is 9.18 Å². The fourth-order valence-electron chi connectivity index (χ4n) is 2.04. The van der Waals surface area contributed by atoms with Crippen molar-refractivity contribution in [2.45, 2.75) is 32.4 Å². The molecule has 0 spiro atoms. The highest BCUT2D eigenvalue weighted by Gasteiger charge is 2.34. The van der Waals surface area contributed by atoms with E-state index >= 15 is 0 Å². The summed E-state index contributed by atoms with van der Waals surface area (Å²) in [5.74, 6) is -0.308. The lowest BCUT2D eigenvalue weighted by Gasteiger charge is -2.24. The summed E-state index contributed by atoms with van der Waals surface area (Å²) < 4.78 is 19.2. The minimum absolute atomic E-state index is 0.298. The van der Waals surface area contributed by atoms with Gasteiger partial charge in [0.05, 0.1) is 12.6 Å². The quantitative estimate of drug-likeness (QED) is 0.791. The highest BCUT2D eigenvalue weighted by molar-refractivity contribution is 8.13. The van der Waals surface area contributed by atoms with Crippen molar-refractivity contribution in [3.05, 3.63) is 35.6 Å². The summed E-state index contributed by atoms with van der Waals surface area (Å²) in [4.78, 5) is 18.1. The van der Waals surface area contributed by atoms with E-state index in [1.807, 2.05) is 27.0 Å². The molecule has 1 atom stereocenters. The molecule has 1 aliphatic rings. The molecule has 0 aliphatic carbocycles. The second kappa shape index (κ2) is 6.05. The Bertz CT molecular complexity index is 569. The molecule has 4 nitrogen and oxygen atoms in total. The predicted octanol–water partition coefficient (Wildman–Crippen LogP) is 3.84. The number of thioether (sulfide) groups is 1. The van der Waals surface area contributed by atoms with Gasteiger partial charge >= 0.3 is 6.09 Å². The third-order valence-electron chi connectivity index (χ3n) is 2.91. The van der Waals surface area contributed by atoms with Crippen molar-refractivity contribution in [3.8, 4) is 0 Å². The normalized spacial score (nSPS) is 18.6. The number of benzene rings is 1. The molecular formula is C15H19FN2O2S. The molecule has 0 fully saturated rings. The number of ether oxygens (including phenoxy) is 1. The lowest BCUT2D eigenvalue weighted by atomic mass is 10.1. The zero-order chi connectivity index (χ0) is 15.6. The van der Waals surface area contributed by atoms with Crippen molar-refractivity contribution >= 4 is 23.0 Å². The average molecular weight is 310 g/mol. The topological polar surface area (TPSA) is 41.9 Å². The van der Waals surface area contributed by atoms with Crippen LogP contribution in [0.2, 0.25) is 0 Å². The number of amidine groups is 1. The van der Waals surface area contributed by atoms with Gasteiger partial charge in [-0.15, -0.1) is 0 Å². The summed E-state index contributed by atoms with van der Waals surface area (Å²) in [6, 6.07) is 6.11. The van der Waals surface area contributed by atoms with E-state index in [0.29, 0.717) is 17.3 Å². The maximum absolute atomic E-state index is 13.9. The average Bonchev–Trinajstić information content (AvgIpc) is 2.81. The van der Waals surface area contributed by atoms with E-state index in [4.69, 9.17) is 4.74 Å². The molecule has 6 heteroatoms. The second-order valence-corrected chi connectivity index (χ2v) is 6.52. The first-order chi connectivity index (χ1) is 9.81. The van der Waals surface area contributed by atoms with Crippen molar-refractivity contribution in [2.75, 3.05) is 12.8 Å². The highest BCUT2D eigenvalue weighted by Crippen LogP contribution is 2.30. The summed E-state index contributed by atoms with van der Waals surface area (Å²) in [7, 11) is 0. The second-order valence-electron chi connectivity index (χ2n) is 5.74. The van der Waals surface area contributed by atoms with E-state index in [1.165, 1.54) is 22.7 Å². The molecule has 1 aliphatic heterocycles. The van der Waals surface area contributed by atoms with E-state index in [2.05, 4.69) is 4.99 Å². The molecule has 1 heterocycles. The summed E-state index contributed by atoms with van der Waals surface area (Å²) in [6.45, 7) is 5.73. The third kappa shape index (κ3) is 3.75. The number of amides is 1. The molecule has 0 saturated heterocycles. The van der Waals surface area contributed by atoms with Crippen molar-refractivity contribution in [3.63, 3.8) is 0 Å². The van der Waals surface area contributed by atoms with Gasteiger partial charge in [0.25, 0.3) is 0 Å². The zero-order valence-electron chi connectivity index (χ0n) is 12.6. The number of aliphatic imine (C=N–C) groups is 1. The van der Waals surface area contributed by atoms with Crippen LogP contribution < -0.4 is 0 Å². The summed E-state index contributed by atoms with van der Waals surface area (Å²) >= 11 is 1.35. The van der Waals surface area contributed by atoms with Crippen molar-refractivity contribution in [2.24, 2.45) is 4.99 Å². The number of hydrogen-bond donors (Lipinski definition) is 0. The lowest BCUT2D eigenvalue weighted by Crippen LogP contribution is -2.38. The molecule has 1 aromatic carbocycles. The van der Waals surface area contributed by atoms with Gasteiger partial charge < -0.3 is 4.74 Å². The van der Waals surface area contributed by atoms with E-state index in [9.17, 15) is 9.18 Å². The van der Waals surface area contributed by atoms with E-state index in [-0.39, 0.29) is 11.9 Å². The lowest BCUT2D eigenvalue weighted by molar-refractivity contribution is 0.0380. The smallest absolute Gasteiger partial charge is 0.416 e. The Hall–Kier alpha value is -1.56. The Labute approximate surface area is 128 Å². The van der Waals surface area contributed by atoms with Crippen LogP contribution in [0.1, 0.15) is 32.4 Å². The first-order valence-electron chi connectivity index (χ1n) is 6.68. The van der Waals surface area contributed by atoms with Crippen molar-refractivity contribution in [1.29, 1.82) is 0 Å². The molecule has 0 aromatic heterocycles. The van der Waals surface area contributed by atoms with Crippen LogP contribution in [0.4, 0.5) is 9.18 Å². The molecule has 0 saturated carbocycles. The Morgan fingerprint density at radius 3 is 2.67 bits per heavy atom. The zero-order valence-corrected chi connectivity index (χ0v) is 13.4. The Kier molecular flexibility index (Phi) is 4.56. The van der Waals surface area contributed by atoms with Crippen LogP contribution in [0, 0.1) is 5.82 Å². The summed E-state index contributed by atoms with van der Waals surface area (Å²) in [5.41, 5.74) is -0.0773. The van der Waals surface area contributed by atoms with Crippen LogP contribution in [-0.4, -0.2) is 34.6 Å². The maximum atomic E-state index is 13.9.